The largest absolute Gasteiger partial charge is 0.507 e. The van der Waals surface area contributed by atoms with E-state index >= 15 is 0 Å². The Morgan fingerprint density at radius 3 is 2.67 bits per heavy atom. The molecule has 1 aliphatic carbocycles. The van der Waals surface area contributed by atoms with Gasteiger partial charge in [0.15, 0.2) is 5.78 Å². The number of fused-ring (bicyclic) bond motifs is 4. The minimum atomic E-state index is -0.235. The quantitative estimate of drug-likeness (QED) is 0.703. The number of aromatic amines is 1. The van der Waals surface area contributed by atoms with E-state index in [9.17, 15) is 9.90 Å². The number of allylic oxidation sites excluding steroid dienone is 3. The highest BCUT2D eigenvalue weighted by Crippen LogP contribution is 2.51. The molecule has 1 fully saturated rings. The molecule has 2 aliphatic rings. The van der Waals surface area contributed by atoms with E-state index in [-0.39, 0.29) is 11.2 Å². The Kier molecular flexibility index (Phi) is 3.39. The van der Waals surface area contributed by atoms with E-state index in [2.05, 4.69) is 10.3 Å². The summed E-state index contributed by atoms with van der Waals surface area (Å²) in [6.07, 6.45) is 3.54. The highest BCUT2D eigenvalue weighted by Gasteiger charge is 2.45. The molecule has 0 bridgehead atoms. The third-order valence-corrected chi connectivity index (χ3v) is 5.50. The van der Waals surface area contributed by atoms with Crippen LogP contribution >= 0.6 is 0 Å². The maximum atomic E-state index is 11.9. The van der Waals surface area contributed by atoms with Crippen LogP contribution in [-0.4, -0.2) is 29.0 Å². The predicted molar refractivity (Wildman–Crippen MR) is 96.1 cm³/mol. The van der Waals surface area contributed by atoms with Crippen molar-refractivity contribution in [1.29, 1.82) is 0 Å². The van der Waals surface area contributed by atoms with Gasteiger partial charge in [-0.25, -0.2) is 0 Å². The van der Waals surface area contributed by atoms with Crippen LogP contribution in [0.15, 0.2) is 41.5 Å². The van der Waals surface area contributed by atoms with Gasteiger partial charge in [-0.15, -0.1) is 0 Å². The number of carbonyl (C=O) groups is 1. The molecule has 4 rings (SSSR count). The first-order valence-corrected chi connectivity index (χ1v) is 8.50. The van der Waals surface area contributed by atoms with Crippen LogP contribution in [0.2, 0.25) is 0 Å². The lowest BCUT2D eigenvalue weighted by Gasteiger charge is -2.43. The van der Waals surface area contributed by atoms with Crippen molar-refractivity contribution in [2.24, 2.45) is 0 Å². The van der Waals surface area contributed by atoms with E-state index < -0.39 is 0 Å². The zero-order valence-corrected chi connectivity index (χ0v) is 14.1. The molecule has 2 aromatic rings. The zero-order chi connectivity index (χ0) is 16.9. The van der Waals surface area contributed by atoms with Crippen molar-refractivity contribution >= 4 is 22.4 Å². The van der Waals surface area contributed by atoms with Gasteiger partial charge in [-0.3, -0.25) is 4.79 Å². The van der Waals surface area contributed by atoms with Crippen molar-refractivity contribution in [2.75, 3.05) is 13.1 Å². The van der Waals surface area contributed by atoms with Crippen LogP contribution in [0.1, 0.15) is 37.9 Å². The maximum absolute atomic E-state index is 11.9. The van der Waals surface area contributed by atoms with E-state index in [1.807, 2.05) is 31.2 Å². The van der Waals surface area contributed by atoms with Crippen molar-refractivity contribution in [2.45, 2.75) is 32.1 Å². The Balaban J connectivity index is 2.09. The van der Waals surface area contributed by atoms with E-state index in [0.29, 0.717) is 5.76 Å². The van der Waals surface area contributed by atoms with Gasteiger partial charge in [0.2, 0.25) is 0 Å². The Morgan fingerprint density at radius 2 is 1.96 bits per heavy atom. The number of nitrogens with one attached hydrogen (secondary N) is 2. The highest BCUT2D eigenvalue weighted by atomic mass is 16.3. The standard InChI is InChI=1S/C20H22N2O2/c1-12(23)11-15-13(2)18(24)17-14-5-3-4-6-16(14)22-19(17)20(15)7-9-21-10-8-20/h3-6,11,21-22,24H,7-10H2,1-2H3. The summed E-state index contributed by atoms with van der Waals surface area (Å²) in [6, 6.07) is 8.08. The van der Waals surface area contributed by atoms with Crippen LogP contribution in [0.3, 0.4) is 0 Å². The average Bonchev–Trinajstić information content (AvgIpc) is 2.98. The minimum Gasteiger partial charge on any atom is -0.507 e. The number of rotatable bonds is 1. The molecule has 1 saturated heterocycles. The number of hydrogen-bond donors (Lipinski definition) is 3. The number of ketones is 1. The van der Waals surface area contributed by atoms with Crippen LogP contribution in [-0.2, 0) is 10.2 Å². The van der Waals surface area contributed by atoms with Crippen molar-refractivity contribution in [3.63, 3.8) is 0 Å². The fraction of sp³-hybridized carbons (Fsp3) is 0.350. The fourth-order valence-corrected chi connectivity index (χ4v) is 4.38. The highest BCUT2D eigenvalue weighted by molar-refractivity contribution is 5.98. The number of H-pyrrole nitrogens is 1. The molecule has 0 atom stereocenters. The van der Waals surface area contributed by atoms with E-state index in [4.69, 9.17) is 0 Å². The molecule has 1 aromatic carbocycles. The van der Waals surface area contributed by atoms with E-state index in [1.165, 1.54) is 0 Å². The molecule has 0 unspecified atom stereocenters. The molecular formula is C20H22N2O2. The minimum absolute atomic E-state index is 0.0228. The second-order valence-electron chi connectivity index (χ2n) is 6.89. The zero-order valence-electron chi connectivity index (χ0n) is 14.1. The average molecular weight is 322 g/mol. The van der Waals surface area contributed by atoms with Gasteiger partial charge in [0.1, 0.15) is 5.76 Å². The van der Waals surface area contributed by atoms with Crippen molar-refractivity contribution < 1.29 is 9.90 Å². The first-order chi connectivity index (χ1) is 11.5. The van der Waals surface area contributed by atoms with Gasteiger partial charge < -0.3 is 15.4 Å². The number of aliphatic hydroxyl groups is 1. The summed E-state index contributed by atoms with van der Waals surface area (Å²) in [5, 5.41) is 15.4. The summed E-state index contributed by atoms with van der Waals surface area (Å²) < 4.78 is 0. The Morgan fingerprint density at radius 1 is 1.25 bits per heavy atom. The Bertz CT molecular complexity index is 895. The van der Waals surface area contributed by atoms with Crippen LogP contribution in [0.5, 0.6) is 0 Å². The number of piperidine rings is 1. The van der Waals surface area contributed by atoms with Crippen LogP contribution < -0.4 is 5.32 Å². The number of benzene rings is 1. The molecule has 1 aromatic heterocycles. The summed E-state index contributed by atoms with van der Waals surface area (Å²) in [6.45, 7) is 5.31. The molecule has 24 heavy (non-hydrogen) atoms. The van der Waals surface area contributed by atoms with Crippen LogP contribution in [0.4, 0.5) is 0 Å². The molecule has 4 nitrogen and oxygen atoms in total. The van der Waals surface area contributed by atoms with Gasteiger partial charge in [0, 0.05) is 27.6 Å². The van der Waals surface area contributed by atoms with Gasteiger partial charge >= 0.3 is 0 Å². The van der Waals surface area contributed by atoms with E-state index in [0.717, 1.165) is 59.2 Å². The lowest BCUT2D eigenvalue weighted by atomic mass is 9.64. The molecule has 1 aliphatic heterocycles. The first kappa shape index (κ1) is 15.2. The molecule has 124 valence electrons. The van der Waals surface area contributed by atoms with Crippen LogP contribution in [0.25, 0.3) is 16.7 Å². The van der Waals surface area contributed by atoms with Gasteiger partial charge in [-0.2, -0.15) is 0 Å². The molecule has 1 spiro atoms. The molecule has 2 heterocycles. The summed E-state index contributed by atoms with van der Waals surface area (Å²) in [5.41, 5.74) is 4.55. The monoisotopic (exact) mass is 322 g/mol. The van der Waals surface area contributed by atoms with E-state index in [1.54, 1.807) is 13.0 Å². The molecule has 0 radical (unpaired) electrons. The summed E-state index contributed by atoms with van der Waals surface area (Å²) in [4.78, 5) is 15.4. The number of aliphatic hydroxyl groups excluding tert-OH is 1. The second-order valence-corrected chi connectivity index (χ2v) is 6.89. The van der Waals surface area contributed by atoms with Crippen molar-refractivity contribution in [3.05, 3.63) is 52.7 Å². The van der Waals surface area contributed by atoms with Crippen molar-refractivity contribution in [3.8, 4) is 0 Å². The predicted octanol–water partition coefficient (Wildman–Crippen LogP) is 3.61. The lowest BCUT2D eigenvalue weighted by Crippen LogP contribution is -2.44. The topological polar surface area (TPSA) is 65.1 Å². The maximum Gasteiger partial charge on any atom is 0.152 e. The first-order valence-electron chi connectivity index (χ1n) is 8.50. The number of hydrogen-bond acceptors (Lipinski definition) is 3. The second kappa shape index (κ2) is 5.35. The Hall–Kier alpha value is -2.33. The van der Waals surface area contributed by atoms with Crippen molar-refractivity contribution in [1.82, 2.24) is 10.3 Å². The van der Waals surface area contributed by atoms with Gasteiger partial charge in [0.05, 0.1) is 0 Å². The summed E-state index contributed by atoms with van der Waals surface area (Å²) in [5.74, 6) is 0.314. The summed E-state index contributed by atoms with van der Waals surface area (Å²) >= 11 is 0. The fourth-order valence-electron chi connectivity index (χ4n) is 4.38. The number of carbonyl (C=O) groups excluding carboxylic acids is 1. The molecule has 3 N–H and O–H groups in total. The summed E-state index contributed by atoms with van der Waals surface area (Å²) in [7, 11) is 0. The van der Waals surface area contributed by atoms with Gasteiger partial charge in [-0.1, -0.05) is 18.2 Å². The molecule has 4 heteroatoms. The molecule has 0 amide bonds. The Labute approximate surface area is 141 Å². The van der Waals surface area contributed by atoms with Gasteiger partial charge in [-0.05, 0) is 63.1 Å². The van der Waals surface area contributed by atoms with Crippen LogP contribution in [0, 0.1) is 0 Å². The SMILES string of the molecule is CC(=O)C=C1C(C)=C(O)c2c([nH]c3ccccc23)C12CCNCC2. The molecule has 0 saturated carbocycles. The number of aromatic nitrogens is 1. The third kappa shape index (κ3) is 1.99. The normalized spacial score (nSPS) is 21.5. The smallest absolute Gasteiger partial charge is 0.152 e. The van der Waals surface area contributed by atoms with Gasteiger partial charge in [0.25, 0.3) is 0 Å². The molecular weight excluding hydrogens is 300 g/mol. The lowest BCUT2D eigenvalue weighted by molar-refractivity contribution is -0.112. The number of para-hydroxylation sites is 1. The third-order valence-electron chi connectivity index (χ3n) is 5.50.